The average molecular weight is 562 g/mol. The normalized spacial score (nSPS) is 11.1. The molecule has 162 valence electrons. The number of fused-ring (bicyclic) bond motifs is 1. The largest absolute Gasteiger partial charge is 0.488 e. The van der Waals surface area contributed by atoms with Gasteiger partial charge >= 0.3 is 0 Å². The Morgan fingerprint density at radius 3 is 2.42 bits per heavy atom. The van der Waals surface area contributed by atoms with Gasteiger partial charge in [-0.05, 0) is 86.4 Å². The van der Waals surface area contributed by atoms with Gasteiger partial charge in [0.1, 0.15) is 24.0 Å². The molecule has 6 heteroatoms. The molecule has 0 saturated carbocycles. The Kier molecular flexibility index (Phi) is 7.23. The van der Waals surface area contributed by atoms with Crippen LogP contribution in [0, 0.1) is 11.3 Å². The van der Waals surface area contributed by atoms with Crippen LogP contribution < -0.4 is 10.1 Å². The number of anilines is 1. The molecule has 1 amide bonds. The van der Waals surface area contributed by atoms with E-state index in [9.17, 15) is 10.1 Å². The van der Waals surface area contributed by atoms with Gasteiger partial charge in [0.2, 0.25) is 0 Å². The average Bonchev–Trinajstić information content (AvgIpc) is 2.83. The summed E-state index contributed by atoms with van der Waals surface area (Å²) in [6, 6.07) is 29.0. The molecule has 4 nitrogen and oxygen atoms in total. The second-order valence-electron chi connectivity index (χ2n) is 7.29. The van der Waals surface area contributed by atoms with Gasteiger partial charge in [0.15, 0.2) is 0 Å². The topological polar surface area (TPSA) is 62.1 Å². The first-order chi connectivity index (χ1) is 16.0. The highest BCUT2D eigenvalue weighted by Crippen LogP contribution is 2.28. The summed E-state index contributed by atoms with van der Waals surface area (Å²) in [4.78, 5) is 12.5. The molecule has 4 aromatic rings. The van der Waals surface area contributed by atoms with Crippen LogP contribution in [0.2, 0.25) is 0 Å². The molecule has 4 aromatic carbocycles. The third kappa shape index (κ3) is 5.89. The van der Waals surface area contributed by atoms with Gasteiger partial charge in [-0.25, -0.2) is 0 Å². The van der Waals surface area contributed by atoms with Crippen LogP contribution in [0.4, 0.5) is 5.69 Å². The highest BCUT2D eigenvalue weighted by atomic mass is 79.9. The summed E-state index contributed by atoms with van der Waals surface area (Å²) in [5, 5.41) is 14.6. The van der Waals surface area contributed by atoms with Crippen molar-refractivity contribution in [3.8, 4) is 11.8 Å². The van der Waals surface area contributed by atoms with E-state index in [0.717, 1.165) is 14.5 Å². The van der Waals surface area contributed by atoms with E-state index < -0.39 is 5.91 Å². The van der Waals surface area contributed by atoms with Gasteiger partial charge in [0.05, 0.1) is 4.47 Å². The lowest BCUT2D eigenvalue weighted by molar-refractivity contribution is -0.112. The van der Waals surface area contributed by atoms with Crippen LogP contribution in [0.5, 0.6) is 5.75 Å². The van der Waals surface area contributed by atoms with Gasteiger partial charge < -0.3 is 10.1 Å². The third-order valence-corrected chi connectivity index (χ3v) is 6.09. The monoisotopic (exact) mass is 560 g/mol. The van der Waals surface area contributed by atoms with Crippen molar-refractivity contribution in [2.24, 2.45) is 0 Å². The molecule has 0 saturated heterocycles. The standard InChI is InChI=1S/C27H18Br2N2O2/c28-23-8-10-24(11-9-23)31-27(32)22(16-30)13-18-6-12-26(25(29)15-18)33-17-19-5-7-20-3-1-2-4-21(20)14-19/h1-15H,17H2,(H,31,32)/b22-13-. The van der Waals surface area contributed by atoms with Gasteiger partial charge in [0, 0.05) is 10.2 Å². The molecule has 0 aliphatic heterocycles. The molecule has 0 aliphatic rings. The number of nitrogens with one attached hydrogen (secondary N) is 1. The van der Waals surface area contributed by atoms with Crippen molar-refractivity contribution in [2.45, 2.75) is 6.61 Å². The summed E-state index contributed by atoms with van der Waals surface area (Å²) in [6.45, 7) is 0.428. The Balaban J connectivity index is 1.45. The van der Waals surface area contributed by atoms with Crippen LogP contribution >= 0.6 is 31.9 Å². The first kappa shape index (κ1) is 22.8. The van der Waals surface area contributed by atoms with E-state index in [1.165, 1.54) is 10.8 Å². The maximum Gasteiger partial charge on any atom is 0.266 e. The van der Waals surface area contributed by atoms with E-state index in [2.05, 4.69) is 67.5 Å². The zero-order valence-electron chi connectivity index (χ0n) is 17.4. The summed E-state index contributed by atoms with van der Waals surface area (Å²) in [5.41, 5.74) is 2.40. The highest BCUT2D eigenvalue weighted by molar-refractivity contribution is 9.10. The van der Waals surface area contributed by atoms with Crippen LogP contribution in [-0.4, -0.2) is 5.91 Å². The number of nitrogens with zero attached hydrogens (tertiary/aromatic N) is 1. The molecule has 33 heavy (non-hydrogen) atoms. The third-order valence-electron chi connectivity index (χ3n) is 4.94. The van der Waals surface area contributed by atoms with Gasteiger partial charge in [0.25, 0.3) is 5.91 Å². The molecule has 0 bridgehead atoms. The molecule has 0 aliphatic carbocycles. The van der Waals surface area contributed by atoms with Gasteiger partial charge in [-0.3, -0.25) is 4.79 Å². The number of nitriles is 1. The SMILES string of the molecule is N#C/C(=C/c1ccc(OCc2ccc3ccccc3c2)c(Br)c1)C(=O)Nc1ccc(Br)cc1. The minimum atomic E-state index is -0.465. The predicted molar refractivity (Wildman–Crippen MR) is 139 cm³/mol. The summed E-state index contributed by atoms with van der Waals surface area (Å²) < 4.78 is 7.62. The predicted octanol–water partition coefficient (Wildman–Crippen LogP) is 7.49. The van der Waals surface area contributed by atoms with Crippen molar-refractivity contribution >= 4 is 60.3 Å². The van der Waals surface area contributed by atoms with E-state index in [-0.39, 0.29) is 5.57 Å². The Morgan fingerprint density at radius 1 is 0.939 bits per heavy atom. The maximum atomic E-state index is 12.5. The molecule has 0 atom stereocenters. The van der Waals surface area contributed by atoms with Crippen molar-refractivity contribution in [1.82, 2.24) is 0 Å². The second kappa shape index (κ2) is 10.5. The molecule has 1 N–H and O–H groups in total. The van der Waals surface area contributed by atoms with E-state index in [1.54, 1.807) is 18.2 Å². The zero-order valence-corrected chi connectivity index (χ0v) is 20.6. The number of carbonyl (C=O) groups excluding carboxylic acids is 1. The molecule has 0 fully saturated rings. The number of hydrogen-bond acceptors (Lipinski definition) is 3. The first-order valence-corrected chi connectivity index (χ1v) is 11.7. The second-order valence-corrected chi connectivity index (χ2v) is 9.06. The Labute approximate surface area is 208 Å². The van der Waals surface area contributed by atoms with Crippen LogP contribution in [0.25, 0.3) is 16.8 Å². The molecule has 0 unspecified atom stereocenters. The molecule has 0 spiro atoms. The van der Waals surface area contributed by atoms with E-state index in [0.29, 0.717) is 23.6 Å². The molecule has 4 rings (SSSR count). The van der Waals surface area contributed by atoms with Crippen LogP contribution in [0.3, 0.4) is 0 Å². The van der Waals surface area contributed by atoms with Crippen LogP contribution in [0.1, 0.15) is 11.1 Å². The Bertz CT molecular complexity index is 1390. The van der Waals surface area contributed by atoms with Crippen molar-refractivity contribution in [2.75, 3.05) is 5.32 Å². The van der Waals surface area contributed by atoms with Crippen molar-refractivity contribution in [3.05, 3.63) is 111 Å². The number of halogens is 2. The van der Waals surface area contributed by atoms with Crippen molar-refractivity contribution in [3.63, 3.8) is 0 Å². The molecular formula is C27H18Br2N2O2. The lowest BCUT2D eigenvalue weighted by Gasteiger charge is -2.10. The van der Waals surface area contributed by atoms with E-state index in [1.807, 2.05) is 48.5 Å². The van der Waals surface area contributed by atoms with Crippen LogP contribution in [0.15, 0.2) is 99.4 Å². The fourth-order valence-corrected chi connectivity index (χ4v) is 4.04. The molecule has 0 aromatic heterocycles. The summed E-state index contributed by atoms with van der Waals surface area (Å²) >= 11 is 6.88. The highest BCUT2D eigenvalue weighted by Gasteiger charge is 2.11. The van der Waals surface area contributed by atoms with E-state index >= 15 is 0 Å². The number of ether oxygens (including phenoxy) is 1. The van der Waals surface area contributed by atoms with Gasteiger partial charge in [-0.2, -0.15) is 5.26 Å². The van der Waals surface area contributed by atoms with E-state index in [4.69, 9.17) is 4.74 Å². The summed E-state index contributed by atoms with van der Waals surface area (Å²) in [5.74, 6) is 0.214. The minimum Gasteiger partial charge on any atom is -0.488 e. The number of rotatable bonds is 6. The van der Waals surface area contributed by atoms with Crippen molar-refractivity contribution < 1.29 is 9.53 Å². The quantitative estimate of drug-likeness (QED) is 0.196. The first-order valence-electron chi connectivity index (χ1n) is 10.1. The Morgan fingerprint density at radius 2 is 1.70 bits per heavy atom. The fraction of sp³-hybridized carbons (Fsp3) is 0.0370. The smallest absolute Gasteiger partial charge is 0.266 e. The minimum absolute atomic E-state index is 0.00894. The fourth-order valence-electron chi connectivity index (χ4n) is 3.26. The molecular weight excluding hydrogens is 544 g/mol. The molecule has 0 radical (unpaired) electrons. The Hall–Kier alpha value is -3.40. The number of hydrogen-bond donors (Lipinski definition) is 1. The number of benzene rings is 4. The summed E-state index contributed by atoms with van der Waals surface area (Å²) in [6.07, 6.45) is 1.55. The zero-order chi connectivity index (χ0) is 23.2. The van der Waals surface area contributed by atoms with Gasteiger partial charge in [-0.1, -0.05) is 58.4 Å². The number of carbonyl (C=O) groups is 1. The van der Waals surface area contributed by atoms with Gasteiger partial charge in [-0.15, -0.1) is 0 Å². The number of amides is 1. The molecule has 0 heterocycles. The lowest BCUT2D eigenvalue weighted by Crippen LogP contribution is -2.13. The lowest BCUT2D eigenvalue weighted by atomic mass is 10.1. The maximum absolute atomic E-state index is 12.5. The summed E-state index contributed by atoms with van der Waals surface area (Å²) in [7, 11) is 0. The van der Waals surface area contributed by atoms with Crippen LogP contribution in [-0.2, 0) is 11.4 Å². The van der Waals surface area contributed by atoms with Crippen molar-refractivity contribution in [1.29, 1.82) is 5.26 Å².